The molecule has 1 N–H and O–H groups in total. The molecule has 0 radical (unpaired) electrons. The number of fused-ring (bicyclic) bond motifs is 1. The van der Waals surface area contributed by atoms with Crippen LogP contribution in [-0.2, 0) is 4.79 Å². The lowest BCUT2D eigenvalue weighted by Gasteiger charge is -2.32. The van der Waals surface area contributed by atoms with Crippen LogP contribution in [0.25, 0.3) is 11.0 Å². The lowest BCUT2D eigenvalue weighted by molar-refractivity contribution is -0.131. The highest BCUT2D eigenvalue weighted by Gasteiger charge is 2.47. The van der Waals surface area contributed by atoms with Crippen LogP contribution in [0.15, 0.2) is 68.8 Å². The number of nitrogens with zero attached hydrogens (tertiary/aromatic N) is 2. The largest absolute Gasteiger partial charge is 0.503 e. The van der Waals surface area contributed by atoms with E-state index in [1.807, 2.05) is 55.4 Å². The minimum atomic E-state index is -0.649. The Bertz CT molecular complexity index is 1270. The molecule has 1 aromatic heterocycles. The molecule has 1 unspecified atom stereocenters. The van der Waals surface area contributed by atoms with Crippen molar-refractivity contribution in [1.82, 2.24) is 4.90 Å². The van der Waals surface area contributed by atoms with E-state index >= 15 is 0 Å². The molecule has 7 heteroatoms. The van der Waals surface area contributed by atoms with Gasteiger partial charge in [0.15, 0.2) is 11.5 Å². The van der Waals surface area contributed by atoms with E-state index in [4.69, 9.17) is 4.42 Å². The number of furan rings is 1. The zero-order chi connectivity index (χ0) is 23.3. The Morgan fingerprint density at radius 3 is 2.45 bits per heavy atom. The number of ketones is 1. The Hall–Kier alpha value is -3.06. The van der Waals surface area contributed by atoms with Crippen molar-refractivity contribution in [1.29, 1.82) is 0 Å². The number of carbonyl (C=O) groups excluding carboxylic acids is 2. The molecule has 1 aliphatic heterocycles. The van der Waals surface area contributed by atoms with Crippen LogP contribution in [0.3, 0.4) is 0 Å². The molecule has 1 atom stereocenters. The van der Waals surface area contributed by atoms with Gasteiger partial charge in [-0.1, -0.05) is 40.9 Å². The van der Waals surface area contributed by atoms with Crippen molar-refractivity contribution in [3.63, 3.8) is 0 Å². The highest BCUT2D eigenvalue weighted by molar-refractivity contribution is 9.10. The van der Waals surface area contributed by atoms with Crippen molar-refractivity contribution in [2.75, 3.05) is 19.0 Å². The lowest BCUT2D eigenvalue weighted by atomic mass is 9.94. The van der Waals surface area contributed by atoms with Gasteiger partial charge in [-0.05, 0) is 54.8 Å². The number of aliphatic hydroxyl groups is 1. The van der Waals surface area contributed by atoms with Crippen LogP contribution < -0.4 is 4.90 Å². The quantitative estimate of drug-likeness (QED) is 0.442. The fourth-order valence-corrected chi connectivity index (χ4v) is 5.33. The molecular formula is C26H25BrN2O4. The van der Waals surface area contributed by atoms with E-state index in [0.717, 1.165) is 46.8 Å². The molecule has 1 fully saturated rings. The Morgan fingerprint density at radius 2 is 1.79 bits per heavy atom. The second-order valence-electron chi connectivity index (χ2n) is 8.92. The van der Waals surface area contributed by atoms with Crippen LogP contribution in [-0.4, -0.2) is 41.8 Å². The fourth-order valence-electron chi connectivity index (χ4n) is 4.95. The van der Waals surface area contributed by atoms with Gasteiger partial charge in [0.25, 0.3) is 5.91 Å². The topological polar surface area (TPSA) is 74.0 Å². The fraction of sp³-hybridized carbons (Fsp3) is 0.308. The Kier molecular flexibility index (Phi) is 5.52. The van der Waals surface area contributed by atoms with Crippen molar-refractivity contribution in [2.24, 2.45) is 0 Å². The zero-order valence-electron chi connectivity index (χ0n) is 18.5. The number of aliphatic hydroxyl groups excluding tert-OH is 1. The van der Waals surface area contributed by atoms with E-state index in [-0.39, 0.29) is 17.4 Å². The van der Waals surface area contributed by atoms with Gasteiger partial charge in [-0.3, -0.25) is 9.59 Å². The summed E-state index contributed by atoms with van der Waals surface area (Å²) in [5, 5.41) is 11.7. The number of halogens is 1. The molecule has 170 valence electrons. The number of hydrogen-bond acceptors (Lipinski definition) is 5. The first-order valence-corrected chi connectivity index (χ1v) is 11.9. The second-order valence-corrected chi connectivity index (χ2v) is 9.84. The van der Waals surface area contributed by atoms with E-state index in [2.05, 4.69) is 15.9 Å². The summed E-state index contributed by atoms with van der Waals surface area (Å²) in [6.45, 7) is 0. The van der Waals surface area contributed by atoms with Gasteiger partial charge in [-0.15, -0.1) is 0 Å². The molecule has 1 saturated carbocycles. The molecule has 0 saturated heterocycles. The van der Waals surface area contributed by atoms with E-state index in [1.54, 1.807) is 17.0 Å². The average molecular weight is 509 g/mol. The molecule has 3 aromatic rings. The summed E-state index contributed by atoms with van der Waals surface area (Å²) in [7, 11) is 3.92. The smallest absolute Gasteiger partial charge is 0.290 e. The number of amides is 1. The lowest BCUT2D eigenvalue weighted by Crippen LogP contribution is -2.38. The van der Waals surface area contributed by atoms with Crippen molar-refractivity contribution in [3.05, 3.63) is 75.7 Å². The van der Waals surface area contributed by atoms with Crippen molar-refractivity contribution < 1.29 is 19.1 Å². The van der Waals surface area contributed by atoms with Crippen LogP contribution in [0, 0.1) is 0 Å². The minimum absolute atomic E-state index is 0.00453. The molecule has 33 heavy (non-hydrogen) atoms. The predicted molar refractivity (Wildman–Crippen MR) is 131 cm³/mol. The van der Waals surface area contributed by atoms with Gasteiger partial charge in [0.05, 0.1) is 11.6 Å². The average Bonchev–Trinajstić information content (AvgIpc) is 3.52. The third-order valence-electron chi connectivity index (χ3n) is 6.63. The summed E-state index contributed by atoms with van der Waals surface area (Å²) in [5.74, 6) is -1.31. The van der Waals surface area contributed by atoms with Gasteiger partial charge in [0, 0.05) is 35.7 Å². The van der Waals surface area contributed by atoms with Crippen LogP contribution in [0.5, 0.6) is 0 Å². The second kappa shape index (κ2) is 8.37. The Labute approximate surface area is 200 Å². The summed E-state index contributed by atoms with van der Waals surface area (Å²) >= 11 is 3.43. The maximum absolute atomic E-state index is 13.7. The third kappa shape index (κ3) is 3.74. The maximum atomic E-state index is 13.7. The van der Waals surface area contributed by atoms with Gasteiger partial charge >= 0.3 is 0 Å². The molecule has 2 aromatic carbocycles. The van der Waals surface area contributed by atoms with E-state index in [9.17, 15) is 14.7 Å². The molecule has 0 bridgehead atoms. The molecule has 6 nitrogen and oxygen atoms in total. The van der Waals surface area contributed by atoms with Gasteiger partial charge in [0.1, 0.15) is 5.58 Å². The van der Waals surface area contributed by atoms with E-state index in [1.165, 1.54) is 0 Å². The summed E-state index contributed by atoms with van der Waals surface area (Å²) in [6.07, 6.45) is 3.79. The predicted octanol–water partition coefficient (Wildman–Crippen LogP) is 5.78. The zero-order valence-corrected chi connectivity index (χ0v) is 20.1. The number of carbonyl (C=O) groups is 2. The van der Waals surface area contributed by atoms with Crippen LogP contribution in [0.4, 0.5) is 5.69 Å². The molecule has 1 aliphatic carbocycles. The molecule has 2 heterocycles. The summed E-state index contributed by atoms with van der Waals surface area (Å²) < 4.78 is 6.70. The number of anilines is 1. The molecule has 2 aliphatic rings. The monoisotopic (exact) mass is 508 g/mol. The Balaban J connectivity index is 1.60. The highest BCUT2D eigenvalue weighted by Crippen LogP contribution is 2.44. The minimum Gasteiger partial charge on any atom is -0.503 e. The number of hydrogen-bond donors (Lipinski definition) is 1. The molecule has 1 amide bonds. The van der Waals surface area contributed by atoms with Gasteiger partial charge in [-0.2, -0.15) is 0 Å². The number of rotatable bonds is 5. The molecule has 5 rings (SSSR count). The van der Waals surface area contributed by atoms with Gasteiger partial charge < -0.3 is 19.3 Å². The van der Waals surface area contributed by atoms with E-state index in [0.29, 0.717) is 5.58 Å². The van der Waals surface area contributed by atoms with Crippen molar-refractivity contribution >= 4 is 44.3 Å². The summed E-state index contributed by atoms with van der Waals surface area (Å²) in [5.41, 5.74) is 2.47. The van der Waals surface area contributed by atoms with E-state index < -0.39 is 23.5 Å². The van der Waals surface area contributed by atoms with Gasteiger partial charge in [0.2, 0.25) is 5.78 Å². The van der Waals surface area contributed by atoms with Gasteiger partial charge in [-0.25, -0.2) is 0 Å². The van der Waals surface area contributed by atoms with Crippen LogP contribution in [0.1, 0.15) is 47.8 Å². The standard InChI is InChI=1S/C26H25BrN2O4/c1-28(2)18-10-7-15(8-11-18)23-22(25(31)26(32)29(23)19-5-3-4-6-19)24(30)21-14-16-13-17(27)9-12-20(16)33-21/h7-14,19,23,31H,3-6H2,1-2H3. The van der Waals surface area contributed by atoms with Crippen LogP contribution >= 0.6 is 15.9 Å². The van der Waals surface area contributed by atoms with Crippen LogP contribution in [0.2, 0.25) is 0 Å². The summed E-state index contributed by atoms with van der Waals surface area (Å²) in [6, 6.07) is 14.3. The first-order valence-electron chi connectivity index (χ1n) is 11.1. The third-order valence-corrected chi connectivity index (χ3v) is 7.13. The normalized spacial score (nSPS) is 19.2. The van der Waals surface area contributed by atoms with Crippen molar-refractivity contribution in [3.8, 4) is 0 Å². The SMILES string of the molecule is CN(C)c1ccc(C2C(C(=O)c3cc4cc(Br)ccc4o3)=C(O)C(=O)N2C2CCCC2)cc1. The molecular weight excluding hydrogens is 484 g/mol. The van der Waals surface area contributed by atoms with Crippen molar-refractivity contribution in [2.45, 2.75) is 37.8 Å². The molecule has 0 spiro atoms. The number of benzene rings is 2. The first kappa shape index (κ1) is 21.8. The highest BCUT2D eigenvalue weighted by atomic mass is 79.9. The maximum Gasteiger partial charge on any atom is 0.290 e. The first-order chi connectivity index (χ1) is 15.8. The summed E-state index contributed by atoms with van der Waals surface area (Å²) in [4.78, 5) is 30.6. The number of Topliss-reactive ketones (excluding diaryl/α,β-unsaturated/α-hetero) is 1. The Morgan fingerprint density at radius 1 is 1.09 bits per heavy atom.